The van der Waals surface area contributed by atoms with E-state index in [0.717, 1.165) is 0 Å². The molecule has 0 bridgehead atoms. The summed E-state index contributed by atoms with van der Waals surface area (Å²) < 4.78 is 4.61. The Bertz CT molecular complexity index is 150. The fraction of sp³-hybridized carbons (Fsp3) is 0. The summed E-state index contributed by atoms with van der Waals surface area (Å²) in [4.78, 5) is 9.77. The summed E-state index contributed by atoms with van der Waals surface area (Å²) >= 11 is 0. The number of carbonyl (C=O) groups excluding carboxylic acids is 1. The zero-order valence-electron chi connectivity index (χ0n) is 5.63. The maximum Gasteiger partial charge on any atom is 1.00 e. The van der Waals surface area contributed by atoms with E-state index in [1.165, 1.54) is 6.26 Å². The Morgan fingerprint density at radius 3 is 2.75 bits per heavy atom. The Morgan fingerprint density at radius 2 is 2.50 bits per heavy atom. The minimum absolute atomic E-state index is 0. The number of aldehydes is 1. The van der Waals surface area contributed by atoms with Gasteiger partial charge in [-0.15, -0.1) is 0 Å². The van der Waals surface area contributed by atoms with Crippen molar-refractivity contribution in [1.29, 1.82) is 0 Å². The van der Waals surface area contributed by atoms with Crippen LogP contribution in [0.15, 0.2) is 22.8 Å². The summed E-state index contributed by atoms with van der Waals surface area (Å²) in [5.41, 5.74) is 0. The molecule has 8 heavy (non-hydrogen) atoms. The van der Waals surface area contributed by atoms with Crippen molar-refractivity contribution in [2.45, 2.75) is 0 Å². The molecule has 0 aliphatic heterocycles. The van der Waals surface area contributed by atoms with Crippen molar-refractivity contribution in [3.63, 3.8) is 0 Å². The Hall–Kier alpha value is 0.586. The van der Waals surface area contributed by atoms with Crippen molar-refractivity contribution >= 4 is 6.29 Å². The maximum absolute atomic E-state index is 9.77. The largest absolute Gasteiger partial charge is 1.00 e. The van der Waals surface area contributed by atoms with Gasteiger partial charge in [0.05, 0.1) is 6.26 Å². The molecule has 1 aromatic heterocycles. The minimum atomic E-state index is 0. The second kappa shape index (κ2) is 4.46. The average Bonchev–Trinajstić information content (AvgIpc) is 2.14. The predicted molar refractivity (Wildman–Crippen MR) is 25.2 cm³/mol. The molecule has 0 radical (unpaired) electrons. The number of furan rings is 1. The molecule has 1 rings (SSSR count). The van der Waals surface area contributed by atoms with E-state index >= 15 is 0 Å². The summed E-state index contributed by atoms with van der Waals surface area (Å²) in [5.74, 6) is 0.375. The van der Waals surface area contributed by atoms with Crippen LogP contribution < -0.4 is 51.4 Å². The van der Waals surface area contributed by atoms with Crippen LogP contribution in [0.3, 0.4) is 0 Å². The van der Waals surface area contributed by atoms with Gasteiger partial charge in [0.15, 0.2) is 12.0 Å². The average molecular weight is 136 g/mol. The van der Waals surface area contributed by atoms with Crippen LogP contribution in [-0.4, -0.2) is 6.29 Å². The van der Waals surface area contributed by atoms with Gasteiger partial charge in [0, 0.05) is 0 Å². The van der Waals surface area contributed by atoms with Gasteiger partial charge >= 0.3 is 51.4 Å². The van der Waals surface area contributed by atoms with Crippen molar-refractivity contribution in [3.05, 3.63) is 24.2 Å². The zero-order chi connectivity index (χ0) is 5.11. The van der Waals surface area contributed by atoms with Gasteiger partial charge in [-0.25, -0.2) is 0 Å². The molecule has 3 heteroatoms. The molecule has 0 saturated heterocycles. The summed E-state index contributed by atoms with van der Waals surface area (Å²) in [6.07, 6.45) is 2.13. The summed E-state index contributed by atoms with van der Waals surface area (Å²) in [5, 5.41) is 0. The first kappa shape index (κ1) is 8.59. The second-order valence-electron chi connectivity index (χ2n) is 1.13. The third kappa shape index (κ3) is 2.24. The van der Waals surface area contributed by atoms with Gasteiger partial charge < -0.3 is 5.84 Å². The number of rotatable bonds is 1. The quantitative estimate of drug-likeness (QED) is 0.337. The summed E-state index contributed by atoms with van der Waals surface area (Å²) in [6, 6.07) is 3.27. The molecular formula is C5H5KO2. The van der Waals surface area contributed by atoms with E-state index in [0.29, 0.717) is 12.0 Å². The van der Waals surface area contributed by atoms with Gasteiger partial charge in [0.2, 0.25) is 0 Å². The molecule has 0 spiro atoms. The van der Waals surface area contributed by atoms with E-state index in [9.17, 15) is 4.79 Å². The zero-order valence-corrected chi connectivity index (χ0v) is 7.75. The fourth-order valence-electron chi connectivity index (χ4n) is 0.358. The van der Waals surface area contributed by atoms with Crippen molar-refractivity contribution in [1.82, 2.24) is 0 Å². The van der Waals surface area contributed by atoms with Crippen molar-refractivity contribution in [3.8, 4) is 0 Å². The van der Waals surface area contributed by atoms with Crippen LogP contribution in [-0.2, 0) is 0 Å². The first-order chi connectivity index (χ1) is 3.43. The molecular weight excluding hydrogens is 131 g/mol. The van der Waals surface area contributed by atoms with E-state index in [2.05, 4.69) is 4.42 Å². The second-order valence-corrected chi connectivity index (χ2v) is 1.13. The molecule has 1 heterocycles. The van der Waals surface area contributed by atoms with Crippen LogP contribution in [0.2, 0.25) is 0 Å². The molecule has 0 fully saturated rings. The van der Waals surface area contributed by atoms with Crippen LogP contribution in [0.4, 0.5) is 0 Å². The third-order valence-electron chi connectivity index (χ3n) is 0.659. The first-order valence-electron chi connectivity index (χ1n) is 1.92. The van der Waals surface area contributed by atoms with Crippen LogP contribution in [0.25, 0.3) is 0 Å². The molecule has 0 aliphatic rings. The van der Waals surface area contributed by atoms with Gasteiger partial charge in [0.25, 0.3) is 0 Å². The molecule has 1 aromatic rings. The number of hydrogen-bond donors (Lipinski definition) is 0. The molecule has 0 N–H and O–H groups in total. The standard InChI is InChI=1S/C5H4O2.K.H/c6-4-5-2-1-3-7-5;;/h1-4H;;/q;+1;-1. The molecule has 2 nitrogen and oxygen atoms in total. The minimum Gasteiger partial charge on any atom is -1.00 e. The maximum atomic E-state index is 9.77. The normalized spacial score (nSPS) is 7.50. The predicted octanol–water partition coefficient (Wildman–Crippen LogP) is -1.79. The van der Waals surface area contributed by atoms with Gasteiger partial charge in [0.1, 0.15) is 0 Å². The van der Waals surface area contributed by atoms with Crippen LogP contribution >= 0.6 is 0 Å². The fourth-order valence-corrected chi connectivity index (χ4v) is 0.358. The molecule has 0 amide bonds. The Kier molecular flexibility index (Phi) is 4.79. The van der Waals surface area contributed by atoms with E-state index in [1.807, 2.05) is 0 Å². The van der Waals surface area contributed by atoms with Crippen LogP contribution in [0.1, 0.15) is 12.0 Å². The summed E-state index contributed by atoms with van der Waals surface area (Å²) in [7, 11) is 0. The SMILES string of the molecule is O=Cc1ccco1.[H-].[K+]. The smallest absolute Gasteiger partial charge is 1.00 e. The van der Waals surface area contributed by atoms with E-state index in [-0.39, 0.29) is 52.8 Å². The van der Waals surface area contributed by atoms with E-state index < -0.39 is 0 Å². The number of hydrogen-bond acceptors (Lipinski definition) is 2. The van der Waals surface area contributed by atoms with Crippen molar-refractivity contribution in [2.24, 2.45) is 0 Å². The van der Waals surface area contributed by atoms with Gasteiger partial charge in [-0.1, -0.05) is 0 Å². The molecule has 38 valence electrons. The van der Waals surface area contributed by atoms with Crippen LogP contribution in [0, 0.1) is 0 Å². The van der Waals surface area contributed by atoms with Crippen LogP contribution in [0.5, 0.6) is 0 Å². The molecule has 0 aliphatic carbocycles. The summed E-state index contributed by atoms with van der Waals surface area (Å²) in [6.45, 7) is 0. The van der Waals surface area contributed by atoms with Gasteiger partial charge in [-0.05, 0) is 12.1 Å². The van der Waals surface area contributed by atoms with Gasteiger partial charge in [-0.2, -0.15) is 0 Å². The van der Waals surface area contributed by atoms with Crippen molar-refractivity contribution < 1.29 is 62.0 Å². The van der Waals surface area contributed by atoms with Crippen molar-refractivity contribution in [2.75, 3.05) is 0 Å². The monoisotopic (exact) mass is 136 g/mol. The Morgan fingerprint density at radius 1 is 1.75 bits per heavy atom. The number of carbonyl (C=O) groups is 1. The van der Waals surface area contributed by atoms with Gasteiger partial charge in [-0.3, -0.25) is 4.79 Å². The molecule has 0 aromatic carbocycles. The molecule has 0 unspecified atom stereocenters. The van der Waals surface area contributed by atoms with E-state index in [1.54, 1.807) is 12.1 Å². The molecule has 0 atom stereocenters. The Balaban J connectivity index is 0. The Labute approximate surface area is 91.2 Å². The third-order valence-corrected chi connectivity index (χ3v) is 0.659. The topological polar surface area (TPSA) is 30.2 Å². The molecule has 0 saturated carbocycles. The van der Waals surface area contributed by atoms with E-state index in [4.69, 9.17) is 0 Å². The first-order valence-corrected chi connectivity index (χ1v) is 1.92.